The van der Waals surface area contributed by atoms with Crippen LogP contribution in [-0.4, -0.2) is 41.9 Å². The summed E-state index contributed by atoms with van der Waals surface area (Å²) in [6.45, 7) is 4.54. The molecule has 0 amide bonds. The predicted molar refractivity (Wildman–Crippen MR) is 75.7 cm³/mol. The summed E-state index contributed by atoms with van der Waals surface area (Å²) in [5.74, 6) is 1.22. The number of hydrogen-bond donors (Lipinski definition) is 0. The van der Waals surface area contributed by atoms with Crippen molar-refractivity contribution in [3.8, 4) is 0 Å². The molecule has 2 heterocycles. The summed E-state index contributed by atoms with van der Waals surface area (Å²) < 4.78 is 24.7. The van der Waals surface area contributed by atoms with E-state index in [1.54, 1.807) is 0 Å². The number of hydrogen-bond acceptors (Lipinski definition) is 3. The number of nitrogens with zero attached hydrogens (tertiary/aromatic N) is 1. The van der Waals surface area contributed by atoms with E-state index in [1.165, 1.54) is 12.8 Å². The normalized spacial score (nSPS) is 54.9. The fourth-order valence-corrected chi connectivity index (χ4v) is 7.99. The SMILES string of the molecule is C[C@@H]1CC[C@H](C)N1[C@H]1CS(=O)(=O)[C@@]12C[C@H]1C=C[C@H]2C1. The molecule has 1 saturated carbocycles. The second-order valence-electron chi connectivity index (χ2n) is 7.17. The van der Waals surface area contributed by atoms with Crippen LogP contribution in [0.4, 0.5) is 0 Å². The van der Waals surface area contributed by atoms with Crippen LogP contribution in [0.25, 0.3) is 0 Å². The Kier molecular flexibility index (Phi) is 2.38. The first-order valence-corrected chi connectivity index (χ1v) is 9.29. The molecule has 0 N–H and O–H groups in total. The van der Waals surface area contributed by atoms with Crippen molar-refractivity contribution < 1.29 is 8.42 Å². The molecule has 0 aromatic carbocycles. The third kappa shape index (κ3) is 1.35. The molecule has 106 valence electrons. The smallest absolute Gasteiger partial charge is 0.159 e. The molecule has 4 rings (SSSR count). The largest absolute Gasteiger partial charge is 0.292 e. The van der Waals surface area contributed by atoms with Gasteiger partial charge in [0.2, 0.25) is 0 Å². The molecular formula is C15H23NO2S. The first-order valence-electron chi connectivity index (χ1n) is 7.64. The molecular weight excluding hydrogens is 258 g/mol. The zero-order chi connectivity index (χ0) is 13.4. The summed E-state index contributed by atoms with van der Waals surface area (Å²) in [7, 11) is -2.88. The quantitative estimate of drug-likeness (QED) is 0.690. The van der Waals surface area contributed by atoms with Gasteiger partial charge in [-0.3, -0.25) is 4.90 Å². The molecule has 0 aromatic rings. The Labute approximate surface area is 116 Å². The number of sulfone groups is 1. The van der Waals surface area contributed by atoms with Crippen LogP contribution < -0.4 is 0 Å². The van der Waals surface area contributed by atoms with E-state index in [9.17, 15) is 8.42 Å². The van der Waals surface area contributed by atoms with E-state index in [4.69, 9.17) is 0 Å². The van der Waals surface area contributed by atoms with E-state index < -0.39 is 14.6 Å². The maximum absolute atomic E-state index is 12.6. The zero-order valence-corrected chi connectivity index (χ0v) is 12.6. The number of likely N-dealkylation sites (tertiary alicyclic amines) is 1. The summed E-state index contributed by atoms with van der Waals surface area (Å²) in [5.41, 5.74) is 0. The molecule has 0 radical (unpaired) electrons. The topological polar surface area (TPSA) is 37.4 Å². The minimum absolute atomic E-state index is 0.282. The van der Waals surface area contributed by atoms with E-state index in [0.717, 1.165) is 12.8 Å². The highest BCUT2D eigenvalue weighted by Crippen LogP contribution is 2.59. The number of fused-ring (bicyclic) bond motifs is 3. The number of rotatable bonds is 1. The summed E-state index contributed by atoms with van der Waals surface area (Å²) in [6, 6.07) is 1.39. The Bertz CT molecular complexity index is 530. The van der Waals surface area contributed by atoms with Crippen LogP contribution in [0.3, 0.4) is 0 Å². The van der Waals surface area contributed by atoms with Crippen molar-refractivity contribution in [2.24, 2.45) is 11.8 Å². The zero-order valence-electron chi connectivity index (χ0n) is 11.7. The second kappa shape index (κ2) is 3.64. The van der Waals surface area contributed by atoms with E-state index in [2.05, 4.69) is 30.9 Å². The summed E-state index contributed by atoms with van der Waals surface area (Å²) in [5, 5.41) is 0. The lowest BCUT2D eigenvalue weighted by molar-refractivity contribution is 0.0949. The molecule has 0 unspecified atom stereocenters. The van der Waals surface area contributed by atoms with Crippen molar-refractivity contribution in [2.75, 3.05) is 5.75 Å². The lowest BCUT2D eigenvalue weighted by Crippen LogP contribution is -2.72. The third-order valence-electron chi connectivity index (χ3n) is 6.28. The van der Waals surface area contributed by atoms with Crippen molar-refractivity contribution in [2.45, 2.75) is 62.4 Å². The minimum atomic E-state index is -2.88. The molecule has 6 atom stereocenters. The minimum Gasteiger partial charge on any atom is -0.292 e. The third-order valence-corrected chi connectivity index (χ3v) is 8.94. The van der Waals surface area contributed by atoms with Crippen molar-refractivity contribution in [1.29, 1.82) is 0 Å². The Morgan fingerprint density at radius 1 is 1.16 bits per heavy atom. The summed E-state index contributed by atoms with van der Waals surface area (Å²) in [6.07, 6.45) is 8.85. The molecule has 2 aliphatic heterocycles. The van der Waals surface area contributed by atoms with E-state index in [1.807, 2.05) is 0 Å². The van der Waals surface area contributed by atoms with E-state index in [-0.39, 0.29) is 6.04 Å². The molecule has 2 aliphatic carbocycles. The van der Waals surface area contributed by atoms with Crippen molar-refractivity contribution in [3.05, 3.63) is 12.2 Å². The molecule has 2 saturated heterocycles. The van der Waals surface area contributed by atoms with Gasteiger partial charge in [-0.1, -0.05) is 12.2 Å². The van der Waals surface area contributed by atoms with Crippen molar-refractivity contribution >= 4 is 9.84 Å². The molecule has 4 aliphatic rings. The second-order valence-corrected chi connectivity index (χ2v) is 9.49. The van der Waals surface area contributed by atoms with Gasteiger partial charge >= 0.3 is 0 Å². The molecule has 4 heteroatoms. The molecule has 0 aromatic heterocycles. The van der Waals surface area contributed by atoms with Crippen molar-refractivity contribution in [1.82, 2.24) is 4.90 Å². The first-order chi connectivity index (χ1) is 8.96. The van der Waals surface area contributed by atoms with Gasteiger partial charge in [0.05, 0.1) is 10.5 Å². The van der Waals surface area contributed by atoms with Crippen LogP contribution in [0.2, 0.25) is 0 Å². The van der Waals surface area contributed by atoms with Crippen LogP contribution in [-0.2, 0) is 9.84 Å². The summed E-state index contributed by atoms with van der Waals surface area (Å²) >= 11 is 0. The fraction of sp³-hybridized carbons (Fsp3) is 0.867. The molecule has 3 fully saturated rings. The van der Waals surface area contributed by atoms with Gasteiger partial charge in [-0.25, -0.2) is 8.42 Å². The number of allylic oxidation sites excluding steroid dienone is 2. The first kappa shape index (κ1) is 12.4. The van der Waals surface area contributed by atoms with Gasteiger partial charge < -0.3 is 0 Å². The van der Waals surface area contributed by atoms with Crippen LogP contribution >= 0.6 is 0 Å². The maximum atomic E-state index is 12.6. The van der Waals surface area contributed by atoms with Gasteiger partial charge in [-0.2, -0.15) is 0 Å². The van der Waals surface area contributed by atoms with Crippen LogP contribution in [0.15, 0.2) is 12.2 Å². The van der Waals surface area contributed by atoms with Gasteiger partial charge in [0.1, 0.15) is 0 Å². The van der Waals surface area contributed by atoms with Gasteiger partial charge in [0.25, 0.3) is 0 Å². The molecule has 19 heavy (non-hydrogen) atoms. The highest BCUT2D eigenvalue weighted by molar-refractivity contribution is 7.94. The average molecular weight is 281 g/mol. The van der Waals surface area contributed by atoms with Crippen LogP contribution in [0.1, 0.15) is 39.5 Å². The maximum Gasteiger partial charge on any atom is 0.159 e. The summed E-state index contributed by atoms with van der Waals surface area (Å²) in [4.78, 5) is 2.54. The Morgan fingerprint density at radius 3 is 2.32 bits per heavy atom. The Balaban J connectivity index is 1.73. The highest BCUT2D eigenvalue weighted by Gasteiger charge is 2.70. The Hall–Kier alpha value is -0.350. The molecule has 2 bridgehead atoms. The lowest BCUT2D eigenvalue weighted by atomic mass is 9.83. The van der Waals surface area contributed by atoms with E-state index >= 15 is 0 Å². The highest BCUT2D eigenvalue weighted by atomic mass is 32.2. The van der Waals surface area contributed by atoms with Gasteiger partial charge in [-0.15, -0.1) is 0 Å². The standard InChI is InChI=1S/C15H23NO2S/c1-10-3-4-11(2)16(10)14-9-19(17,18)15(14)8-12-5-6-13(15)7-12/h5-6,10-14H,3-4,7-9H2,1-2H3/t10-,11+,12-,13-,14-,15+/m0/s1. The average Bonchev–Trinajstić information content (AvgIpc) is 3.03. The Morgan fingerprint density at radius 2 is 1.84 bits per heavy atom. The van der Waals surface area contributed by atoms with Crippen molar-refractivity contribution in [3.63, 3.8) is 0 Å². The van der Waals surface area contributed by atoms with Gasteiger partial charge in [-0.05, 0) is 51.4 Å². The molecule has 1 spiro atoms. The van der Waals surface area contributed by atoms with Gasteiger partial charge in [0.15, 0.2) is 9.84 Å². The van der Waals surface area contributed by atoms with Crippen LogP contribution in [0, 0.1) is 11.8 Å². The lowest BCUT2D eigenvalue weighted by Gasteiger charge is -2.55. The monoisotopic (exact) mass is 281 g/mol. The fourth-order valence-electron chi connectivity index (χ4n) is 5.37. The van der Waals surface area contributed by atoms with Gasteiger partial charge in [0, 0.05) is 18.1 Å². The van der Waals surface area contributed by atoms with E-state index in [0.29, 0.717) is 29.7 Å². The predicted octanol–water partition coefficient (Wildman–Crippen LogP) is 1.99. The molecule has 3 nitrogen and oxygen atoms in total. The van der Waals surface area contributed by atoms with Crippen LogP contribution in [0.5, 0.6) is 0 Å².